The molecule has 0 fully saturated rings. The molecule has 16 heavy (non-hydrogen) atoms. The summed E-state index contributed by atoms with van der Waals surface area (Å²) >= 11 is 0. The van der Waals surface area contributed by atoms with Gasteiger partial charge in [0.2, 0.25) is 0 Å². The maximum absolute atomic E-state index is 11.2. The lowest BCUT2D eigenvalue weighted by Gasteiger charge is -2.15. The zero-order valence-corrected chi connectivity index (χ0v) is 9.82. The van der Waals surface area contributed by atoms with Crippen LogP contribution in [0.5, 0.6) is 5.75 Å². The van der Waals surface area contributed by atoms with Gasteiger partial charge in [-0.1, -0.05) is 12.1 Å². The van der Waals surface area contributed by atoms with Crippen molar-refractivity contribution in [3.05, 3.63) is 29.8 Å². The molecule has 0 aromatic heterocycles. The van der Waals surface area contributed by atoms with E-state index in [4.69, 9.17) is 4.74 Å². The minimum absolute atomic E-state index is 0.0293. The van der Waals surface area contributed by atoms with Crippen molar-refractivity contribution >= 4 is 5.97 Å². The lowest BCUT2D eigenvalue weighted by Crippen LogP contribution is -2.20. The number of hydrogen-bond donors (Lipinski definition) is 1. The van der Waals surface area contributed by atoms with Gasteiger partial charge in [-0.2, -0.15) is 0 Å². The highest BCUT2D eigenvalue weighted by Gasteiger charge is 2.14. The summed E-state index contributed by atoms with van der Waals surface area (Å²) in [5.74, 6) is 0.576. The molecule has 88 valence electrons. The maximum Gasteiger partial charge on any atom is 0.307 e. The molecule has 1 rings (SSSR count). The Balaban J connectivity index is 2.74. The van der Waals surface area contributed by atoms with Crippen LogP contribution in [0.4, 0.5) is 0 Å². The average molecular weight is 223 g/mol. The Morgan fingerprint density at radius 2 is 1.94 bits per heavy atom. The van der Waals surface area contributed by atoms with Crippen molar-refractivity contribution in [2.24, 2.45) is 0 Å². The summed E-state index contributed by atoms with van der Waals surface area (Å²) in [6.07, 6.45) is 0.319. The van der Waals surface area contributed by atoms with Crippen molar-refractivity contribution in [1.29, 1.82) is 0 Å². The van der Waals surface area contributed by atoms with Gasteiger partial charge in [-0.25, -0.2) is 0 Å². The van der Waals surface area contributed by atoms with Gasteiger partial charge in [-0.05, 0) is 24.7 Å². The lowest BCUT2D eigenvalue weighted by molar-refractivity contribution is -0.141. The first kappa shape index (κ1) is 12.5. The van der Waals surface area contributed by atoms with Crippen LogP contribution in [-0.2, 0) is 9.53 Å². The predicted octanol–water partition coefficient (Wildman–Crippen LogP) is 1.52. The van der Waals surface area contributed by atoms with Gasteiger partial charge in [0.25, 0.3) is 0 Å². The summed E-state index contributed by atoms with van der Waals surface area (Å²) < 4.78 is 9.72. The molecule has 0 saturated carbocycles. The van der Waals surface area contributed by atoms with E-state index in [1.807, 2.05) is 31.3 Å². The van der Waals surface area contributed by atoms with Crippen molar-refractivity contribution < 1.29 is 14.3 Å². The third kappa shape index (κ3) is 3.24. The van der Waals surface area contributed by atoms with Crippen molar-refractivity contribution in [3.8, 4) is 5.75 Å². The predicted molar refractivity (Wildman–Crippen MR) is 61.4 cm³/mol. The van der Waals surface area contributed by atoms with Crippen LogP contribution in [0.2, 0.25) is 0 Å². The summed E-state index contributed by atoms with van der Waals surface area (Å²) in [6.45, 7) is 0. The van der Waals surface area contributed by atoms with Gasteiger partial charge in [0.05, 0.1) is 20.6 Å². The average Bonchev–Trinajstić information content (AvgIpc) is 2.35. The van der Waals surface area contributed by atoms with Gasteiger partial charge in [0.15, 0.2) is 0 Å². The number of methoxy groups -OCH3 is 2. The Morgan fingerprint density at radius 3 is 2.38 bits per heavy atom. The zero-order valence-electron chi connectivity index (χ0n) is 9.82. The van der Waals surface area contributed by atoms with Gasteiger partial charge in [-0.15, -0.1) is 0 Å². The first-order chi connectivity index (χ1) is 7.71. The number of esters is 1. The largest absolute Gasteiger partial charge is 0.497 e. The lowest BCUT2D eigenvalue weighted by atomic mass is 10.0. The van der Waals surface area contributed by atoms with Crippen molar-refractivity contribution in [3.63, 3.8) is 0 Å². The van der Waals surface area contributed by atoms with E-state index < -0.39 is 0 Å². The third-order valence-electron chi connectivity index (χ3n) is 2.47. The second-order valence-corrected chi connectivity index (χ2v) is 3.39. The monoisotopic (exact) mass is 223 g/mol. The molecule has 0 spiro atoms. The van der Waals surface area contributed by atoms with Gasteiger partial charge in [-0.3, -0.25) is 4.79 Å². The second kappa shape index (κ2) is 6.12. The molecule has 4 heteroatoms. The maximum atomic E-state index is 11.2. The van der Waals surface area contributed by atoms with Crippen LogP contribution in [0, 0.1) is 0 Å². The normalized spacial score (nSPS) is 11.9. The molecule has 1 aromatic carbocycles. The fourth-order valence-corrected chi connectivity index (χ4v) is 1.47. The van der Waals surface area contributed by atoms with E-state index in [1.54, 1.807) is 7.11 Å². The molecule has 1 aromatic rings. The minimum Gasteiger partial charge on any atom is -0.497 e. The highest BCUT2D eigenvalue weighted by Crippen LogP contribution is 2.20. The van der Waals surface area contributed by atoms with E-state index in [1.165, 1.54) is 7.11 Å². The van der Waals surface area contributed by atoms with Gasteiger partial charge < -0.3 is 14.8 Å². The third-order valence-corrected chi connectivity index (χ3v) is 2.47. The molecule has 0 radical (unpaired) electrons. The molecular formula is C12H17NO3. The van der Waals surface area contributed by atoms with Crippen LogP contribution in [0.25, 0.3) is 0 Å². The number of rotatable bonds is 5. The number of carbonyl (C=O) groups is 1. The molecule has 1 atom stereocenters. The smallest absolute Gasteiger partial charge is 0.307 e. The summed E-state index contributed by atoms with van der Waals surface area (Å²) in [7, 11) is 4.83. The topological polar surface area (TPSA) is 47.6 Å². The Bertz CT molecular complexity index is 335. The van der Waals surface area contributed by atoms with Crippen LogP contribution >= 0.6 is 0 Å². The van der Waals surface area contributed by atoms with E-state index >= 15 is 0 Å². The first-order valence-corrected chi connectivity index (χ1v) is 5.09. The highest BCUT2D eigenvalue weighted by molar-refractivity contribution is 5.70. The Kier molecular flexibility index (Phi) is 4.79. The highest BCUT2D eigenvalue weighted by atomic mass is 16.5. The molecule has 1 N–H and O–H groups in total. The first-order valence-electron chi connectivity index (χ1n) is 5.09. The van der Waals surface area contributed by atoms with Crippen LogP contribution in [-0.4, -0.2) is 27.2 Å². The number of hydrogen-bond acceptors (Lipinski definition) is 4. The molecule has 0 heterocycles. The van der Waals surface area contributed by atoms with E-state index in [0.29, 0.717) is 6.42 Å². The van der Waals surface area contributed by atoms with Crippen LogP contribution in [0.3, 0.4) is 0 Å². The fourth-order valence-electron chi connectivity index (χ4n) is 1.47. The van der Waals surface area contributed by atoms with E-state index in [9.17, 15) is 4.79 Å². The Morgan fingerprint density at radius 1 is 1.31 bits per heavy atom. The van der Waals surface area contributed by atoms with E-state index in [-0.39, 0.29) is 12.0 Å². The van der Waals surface area contributed by atoms with Crippen LogP contribution in [0.1, 0.15) is 18.0 Å². The van der Waals surface area contributed by atoms with E-state index in [2.05, 4.69) is 10.1 Å². The number of benzene rings is 1. The van der Waals surface area contributed by atoms with E-state index in [0.717, 1.165) is 11.3 Å². The van der Waals surface area contributed by atoms with Crippen molar-refractivity contribution in [2.75, 3.05) is 21.3 Å². The molecule has 1 unspecified atom stereocenters. The van der Waals surface area contributed by atoms with Gasteiger partial charge in [0.1, 0.15) is 5.75 Å². The summed E-state index contributed by atoms with van der Waals surface area (Å²) in [4.78, 5) is 11.2. The number of ether oxygens (including phenoxy) is 2. The van der Waals surface area contributed by atoms with Crippen molar-refractivity contribution in [2.45, 2.75) is 12.5 Å². The molecule has 0 aliphatic rings. The minimum atomic E-state index is -0.227. The van der Waals surface area contributed by atoms with Gasteiger partial charge >= 0.3 is 5.97 Å². The standard InChI is InChI=1S/C12H17NO3/c1-13-11(8-12(14)16-3)9-4-6-10(15-2)7-5-9/h4-7,11,13H,8H2,1-3H3. The fraction of sp³-hybridized carbons (Fsp3) is 0.417. The molecule has 4 nitrogen and oxygen atoms in total. The van der Waals surface area contributed by atoms with Gasteiger partial charge in [0, 0.05) is 6.04 Å². The number of carbonyl (C=O) groups excluding carboxylic acids is 1. The molecule has 0 aliphatic carbocycles. The van der Waals surface area contributed by atoms with Crippen LogP contribution in [0.15, 0.2) is 24.3 Å². The molecule has 0 bridgehead atoms. The summed E-state index contributed by atoms with van der Waals surface area (Å²) in [6, 6.07) is 7.58. The quantitative estimate of drug-likeness (QED) is 0.769. The molecule has 0 aliphatic heterocycles. The second-order valence-electron chi connectivity index (χ2n) is 3.39. The van der Waals surface area contributed by atoms with Crippen LogP contribution < -0.4 is 10.1 Å². The molecule has 0 saturated heterocycles. The summed E-state index contributed by atoms with van der Waals surface area (Å²) in [5, 5.41) is 3.08. The number of nitrogens with one attached hydrogen (secondary N) is 1. The molecular weight excluding hydrogens is 206 g/mol. The zero-order chi connectivity index (χ0) is 12.0. The van der Waals surface area contributed by atoms with Crippen molar-refractivity contribution in [1.82, 2.24) is 5.32 Å². The summed E-state index contributed by atoms with van der Waals surface area (Å²) in [5.41, 5.74) is 1.04. The Labute approximate surface area is 95.6 Å². The Hall–Kier alpha value is -1.55. The molecule has 0 amide bonds. The SMILES string of the molecule is CNC(CC(=O)OC)c1ccc(OC)cc1.